The molecule has 10 heteroatoms. The van der Waals surface area contributed by atoms with E-state index < -0.39 is 10.6 Å². The topological polar surface area (TPSA) is 140 Å². The number of non-ortho nitro benzene ring substituents is 1. The molecule has 2 aromatic heterocycles. The number of hydrogen-bond acceptors (Lipinski definition) is 7. The molecule has 2 N–H and O–H groups in total. The first-order chi connectivity index (χ1) is 11.0. The predicted octanol–water partition coefficient (Wildman–Crippen LogP) is 1.33. The van der Waals surface area contributed by atoms with Crippen LogP contribution in [0.4, 0.5) is 5.69 Å². The molecular formula is C13H9N5O5. The van der Waals surface area contributed by atoms with Gasteiger partial charge in [-0.05, 0) is 12.1 Å². The van der Waals surface area contributed by atoms with E-state index in [9.17, 15) is 14.9 Å². The molecule has 0 aliphatic heterocycles. The zero-order chi connectivity index (χ0) is 16.4. The van der Waals surface area contributed by atoms with Crippen LogP contribution in [0, 0.1) is 10.1 Å². The van der Waals surface area contributed by atoms with Gasteiger partial charge in [0, 0.05) is 17.7 Å². The summed E-state index contributed by atoms with van der Waals surface area (Å²) < 4.78 is 6.30. The quantitative estimate of drug-likeness (QED) is 0.423. The molecule has 0 radical (unpaired) electrons. The molecule has 0 saturated carbocycles. The number of rotatable bonds is 4. The minimum atomic E-state index is -0.610. The van der Waals surface area contributed by atoms with Crippen molar-refractivity contribution >= 4 is 11.9 Å². The molecule has 116 valence electrons. The first-order valence-corrected chi connectivity index (χ1v) is 6.28. The SMILES string of the molecule is O=c1[nH]c(O)cn1N=Cc1ncc(-c2ccc([N+](=O)[O-])cc2)o1. The van der Waals surface area contributed by atoms with Crippen LogP contribution in [-0.2, 0) is 0 Å². The van der Waals surface area contributed by atoms with E-state index in [4.69, 9.17) is 9.52 Å². The summed E-state index contributed by atoms with van der Waals surface area (Å²) in [5, 5.41) is 23.5. The van der Waals surface area contributed by atoms with Crippen molar-refractivity contribution in [3.63, 3.8) is 0 Å². The van der Waals surface area contributed by atoms with Gasteiger partial charge in [0.2, 0.25) is 11.8 Å². The van der Waals surface area contributed by atoms with Gasteiger partial charge in [0.15, 0.2) is 5.76 Å². The summed E-state index contributed by atoms with van der Waals surface area (Å²) >= 11 is 0. The van der Waals surface area contributed by atoms with Crippen LogP contribution in [-0.4, -0.2) is 30.9 Å². The summed E-state index contributed by atoms with van der Waals surface area (Å²) in [6, 6.07) is 5.78. The summed E-state index contributed by atoms with van der Waals surface area (Å²) in [6.45, 7) is 0. The van der Waals surface area contributed by atoms with Gasteiger partial charge in [-0.15, -0.1) is 0 Å². The van der Waals surface area contributed by atoms with Crippen molar-refractivity contribution in [1.29, 1.82) is 0 Å². The second-order valence-corrected chi connectivity index (χ2v) is 4.40. The molecule has 10 nitrogen and oxygen atoms in total. The van der Waals surface area contributed by atoms with Crippen LogP contribution in [0.15, 0.2) is 51.0 Å². The monoisotopic (exact) mass is 315 g/mol. The van der Waals surface area contributed by atoms with E-state index in [0.29, 0.717) is 11.3 Å². The Kier molecular flexibility index (Phi) is 3.47. The van der Waals surface area contributed by atoms with E-state index in [1.54, 1.807) is 0 Å². The molecule has 0 aliphatic carbocycles. The maximum Gasteiger partial charge on any atom is 0.349 e. The zero-order valence-electron chi connectivity index (χ0n) is 11.4. The highest BCUT2D eigenvalue weighted by Crippen LogP contribution is 2.22. The number of imidazole rings is 1. The Morgan fingerprint density at radius 2 is 2.13 bits per heavy atom. The van der Waals surface area contributed by atoms with Crippen LogP contribution in [0.2, 0.25) is 0 Å². The minimum absolute atomic E-state index is 0.0262. The number of aromatic amines is 1. The number of H-pyrrole nitrogens is 1. The van der Waals surface area contributed by atoms with E-state index in [2.05, 4.69) is 15.1 Å². The van der Waals surface area contributed by atoms with Gasteiger partial charge in [-0.3, -0.25) is 15.1 Å². The fourth-order valence-electron chi connectivity index (χ4n) is 1.80. The molecule has 0 atom stereocenters. The van der Waals surface area contributed by atoms with Crippen molar-refractivity contribution < 1.29 is 14.4 Å². The molecular weight excluding hydrogens is 306 g/mol. The molecule has 2 heterocycles. The molecule has 1 aromatic carbocycles. The summed E-state index contributed by atoms with van der Waals surface area (Å²) in [5.74, 6) is 0.211. The summed E-state index contributed by atoms with van der Waals surface area (Å²) in [4.78, 5) is 27.5. The van der Waals surface area contributed by atoms with Gasteiger partial charge in [-0.25, -0.2) is 9.78 Å². The second kappa shape index (κ2) is 5.60. The van der Waals surface area contributed by atoms with Gasteiger partial charge in [-0.1, -0.05) is 0 Å². The van der Waals surface area contributed by atoms with Gasteiger partial charge in [0.05, 0.1) is 17.3 Å². The zero-order valence-corrected chi connectivity index (χ0v) is 11.4. The summed E-state index contributed by atoms with van der Waals surface area (Å²) in [7, 11) is 0. The largest absolute Gasteiger partial charge is 0.493 e. The van der Waals surface area contributed by atoms with Crippen LogP contribution in [0.5, 0.6) is 5.88 Å². The Morgan fingerprint density at radius 1 is 1.39 bits per heavy atom. The van der Waals surface area contributed by atoms with Crippen LogP contribution < -0.4 is 5.69 Å². The van der Waals surface area contributed by atoms with Crippen molar-refractivity contribution in [1.82, 2.24) is 14.6 Å². The Hall–Kier alpha value is -3.69. The van der Waals surface area contributed by atoms with Crippen molar-refractivity contribution in [3.05, 3.63) is 63.1 Å². The number of hydrogen-bond donors (Lipinski definition) is 2. The third-order valence-corrected chi connectivity index (χ3v) is 2.87. The number of nitro benzene ring substituents is 1. The third-order valence-electron chi connectivity index (χ3n) is 2.87. The maximum absolute atomic E-state index is 11.3. The fraction of sp³-hybridized carbons (Fsp3) is 0. The highest BCUT2D eigenvalue weighted by atomic mass is 16.6. The Balaban J connectivity index is 1.81. The summed E-state index contributed by atoms with van der Waals surface area (Å²) in [5.41, 5.74) is -0.0261. The lowest BCUT2D eigenvalue weighted by molar-refractivity contribution is -0.384. The molecule has 0 spiro atoms. The van der Waals surface area contributed by atoms with Crippen LogP contribution in [0.3, 0.4) is 0 Å². The number of oxazole rings is 1. The van der Waals surface area contributed by atoms with Gasteiger partial charge in [-0.2, -0.15) is 9.78 Å². The number of benzene rings is 1. The van der Waals surface area contributed by atoms with Gasteiger partial charge in [0.25, 0.3) is 5.69 Å². The first-order valence-electron chi connectivity index (χ1n) is 6.28. The third kappa shape index (κ3) is 3.00. The molecule has 0 saturated heterocycles. The molecule has 0 bridgehead atoms. The van der Waals surface area contributed by atoms with Gasteiger partial charge >= 0.3 is 5.69 Å². The average Bonchev–Trinajstić information content (AvgIpc) is 3.11. The number of nitro groups is 1. The number of nitrogens with one attached hydrogen (secondary N) is 1. The smallest absolute Gasteiger partial charge is 0.349 e. The standard InChI is InChI=1S/C13H9N5O5/c19-11-7-17(13(20)16-11)15-6-12-14-5-10(23-12)8-1-3-9(4-2-8)18(21)22/h1-7,19H,(H,16,20). The molecule has 0 unspecified atom stereocenters. The van der Waals surface area contributed by atoms with Crippen LogP contribution >= 0.6 is 0 Å². The lowest BCUT2D eigenvalue weighted by Gasteiger charge is -1.95. The molecule has 0 fully saturated rings. The molecule has 0 aliphatic rings. The summed E-state index contributed by atoms with van der Waals surface area (Å²) in [6.07, 6.45) is 3.72. The Bertz CT molecular complexity index is 934. The van der Waals surface area contributed by atoms with Crippen LogP contribution in [0.25, 0.3) is 11.3 Å². The van der Waals surface area contributed by atoms with E-state index in [1.165, 1.54) is 36.7 Å². The normalized spacial score (nSPS) is 11.1. The van der Waals surface area contributed by atoms with Gasteiger partial charge in [0.1, 0.15) is 6.21 Å². The number of nitrogens with zero attached hydrogens (tertiary/aromatic N) is 4. The molecule has 0 amide bonds. The Labute approximate surface area is 127 Å². The highest BCUT2D eigenvalue weighted by molar-refractivity contribution is 5.74. The van der Waals surface area contributed by atoms with E-state index in [-0.39, 0.29) is 17.5 Å². The highest BCUT2D eigenvalue weighted by Gasteiger charge is 2.09. The van der Waals surface area contributed by atoms with Gasteiger partial charge < -0.3 is 9.52 Å². The molecule has 3 rings (SSSR count). The average molecular weight is 315 g/mol. The minimum Gasteiger partial charge on any atom is -0.493 e. The van der Waals surface area contributed by atoms with Crippen LogP contribution in [0.1, 0.15) is 5.89 Å². The second-order valence-electron chi connectivity index (χ2n) is 4.40. The number of aromatic nitrogens is 3. The first kappa shape index (κ1) is 14.3. The molecule has 23 heavy (non-hydrogen) atoms. The number of aromatic hydroxyl groups is 1. The van der Waals surface area contributed by atoms with Crippen molar-refractivity contribution in [2.24, 2.45) is 5.10 Å². The fourth-order valence-corrected chi connectivity index (χ4v) is 1.80. The maximum atomic E-state index is 11.3. The van der Waals surface area contributed by atoms with Crippen molar-refractivity contribution in [3.8, 4) is 17.2 Å². The van der Waals surface area contributed by atoms with E-state index >= 15 is 0 Å². The molecule has 3 aromatic rings. The predicted molar refractivity (Wildman–Crippen MR) is 78.3 cm³/mol. The van der Waals surface area contributed by atoms with Crippen molar-refractivity contribution in [2.75, 3.05) is 0 Å². The lowest BCUT2D eigenvalue weighted by Crippen LogP contribution is -2.11. The lowest BCUT2D eigenvalue weighted by atomic mass is 10.2. The van der Waals surface area contributed by atoms with Crippen molar-refractivity contribution in [2.45, 2.75) is 0 Å². The van der Waals surface area contributed by atoms with E-state index in [1.807, 2.05) is 0 Å². The Morgan fingerprint density at radius 3 is 2.74 bits per heavy atom. The van der Waals surface area contributed by atoms with E-state index in [0.717, 1.165) is 10.9 Å².